The Morgan fingerprint density at radius 3 is 2.31 bits per heavy atom. The van der Waals surface area contributed by atoms with E-state index >= 15 is 0 Å². The van der Waals surface area contributed by atoms with Gasteiger partial charge >= 0.3 is 0 Å². The van der Waals surface area contributed by atoms with Crippen molar-refractivity contribution >= 4 is 29.6 Å². The van der Waals surface area contributed by atoms with Crippen LogP contribution in [0.1, 0.15) is 35.3 Å². The van der Waals surface area contributed by atoms with Crippen molar-refractivity contribution in [2.75, 3.05) is 7.11 Å². The number of halogens is 1. The highest BCUT2D eigenvalue weighted by Crippen LogP contribution is 2.16. The molecule has 0 spiro atoms. The Morgan fingerprint density at radius 1 is 1.00 bits per heavy atom. The Hall–Kier alpha value is -3.84. The first-order chi connectivity index (χ1) is 16.9. The SMILES string of the molecule is COc1ccc(COc2ccc(/C=N\NC(=O)C(NC(=O)c3cccc(Cl)c3)C(C)C)cc2)cc1. The third-order valence-electron chi connectivity index (χ3n) is 5.16. The van der Waals surface area contributed by atoms with Crippen molar-refractivity contribution in [1.29, 1.82) is 0 Å². The number of benzene rings is 3. The highest BCUT2D eigenvalue weighted by Gasteiger charge is 2.24. The first-order valence-electron chi connectivity index (χ1n) is 11.1. The van der Waals surface area contributed by atoms with Crippen molar-refractivity contribution in [1.82, 2.24) is 10.7 Å². The minimum absolute atomic E-state index is 0.143. The maximum absolute atomic E-state index is 12.6. The lowest BCUT2D eigenvalue weighted by Gasteiger charge is -2.20. The van der Waals surface area contributed by atoms with E-state index in [-0.39, 0.29) is 11.8 Å². The van der Waals surface area contributed by atoms with Gasteiger partial charge in [0.2, 0.25) is 0 Å². The van der Waals surface area contributed by atoms with E-state index in [1.807, 2.05) is 62.4 Å². The number of hydrogen-bond acceptors (Lipinski definition) is 5. The summed E-state index contributed by atoms with van der Waals surface area (Å²) in [5.41, 5.74) is 4.70. The summed E-state index contributed by atoms with van der Waals surface area (Å²) >= 11 is 5.95. The topological polar surface area (TPSA) is 89.0 Å². The molecule has 0 aliphatic heterocycles. The molecule has 0 aliphatic rings. The Morgan fingerprint density at radius 2 is 1.69 bits per heavy atom. The molecule has 3 aromatic carbocycles. The van der Waals surface area contributed by atoms with Crippen LogP contribution in [-0.2, 0) is 11.4 Å². The average Bonchev–Trinajstić information content (AvgIpc) is 2.86. The fourth-order valence-electron chi connectivity index (χ4n) is 3.17. The molecule has 1 unspecified atom stereocenters. The molecule has 0 aromatic heterocycles. The monoisotopic (exact) mass is 493 g/mol. The van der Waals surface area contributed by atoms with Crippen molar-refractivity contribution < 1.29 is 19.1 Å². The van der Waals surface area contributed by atoms with Gasteiger partial charge in [0, 0.05) is 10.6 Å². The number of nitrogens with zero attached hydrogens (tertiary/aromatic N) is 1. The standard InChI is InChI=1S/C27H28ClN3O4/c1-18(2)25(30-26(32)21-5-4-6-22(28)15-21)27(33)31-29-16-19-7-13-24(14-8-19)35-17-20-9-11-23(34-3)12-10-20/h4-16,18,25H,17H2,1-3H3,(H,30,32)(H,31,33)/b29-16-. The predicted octanol–water partition coefficient (Wildman–Crippen LogP) is 4.83. The van der Waals surface area contributed by atoms with Gasteiger partial charge in [-0.3, -0.25) is 9.59 Å². The van der Waals surface area contributed by atoms with Crippen LogP contribution in [0.4, 0.5) is 0 Å². The number of carbonyl (C=O) groups excluding carboxylic acids is 2. The molecule has 3 aromatic rings. The number of nitrogens with one attached hydrogen (secondary N) is 2. The van der Waals surface area contributed by atoms with Gasteiger partial charge in [-0.2, -0.15) is 5.10 Å². The van der Waals surface area contributed by atoms with Crippen LogP contribution in [0.5, 0.6) is 11.5 Å². The van der Waals surface area contributed by atoms with E-state index in [4.69, 9.17) is 21.1 Å². The fourth-order valence-corrected chi connectivity index (χ4v) is 3.36. The van der Waals surface area contributed by atoms with E-state index in [2.05, 4.69) is 15.8 Å². The normalized spacial score (nSPS) is 11.8. The maximum Gasteiger partial charge on any atom is 0.262 e. The number of hydrogen-bond donors (Lipinski definition) is 2. The minimum Gasteiger partial charge on any atom is -0.497 e. The summed E-state index contributed by atoms with van der Waals surface area (Å²) in [5.74, 6) is 0.579. The molecule has 0 saturated carbocycles. The first kappa shape index (κ1) is 25.8. The number of rotatable bonds is 10. The van der Waals surface area contributed by atoms with Crippen molar-refractivity contribution in [2.24, 2.45) is 11.0 Å². The summed E-state index contributed by atoms with van der Waals surface area (Å²) in [4.78, 5) is 25.1. The second-order valence-corrected chi connectivity index (χ2v) is 8.58. The molecule has 0 saturated heterocycles. The first-order valence-corrected chi connectivity index (χ1v) is 11.5. The lowest BCUT2D eigenvalue weighted by atomic mass is 10.0. The van der Waals surface area contributed by atoms with Crippen molar-refractivity contribution in [2.45, 2.75) is 26.5 Å². The number of amides is 2. The zero-order valence-electron chi connectivity index (χ0n) is 19.8. The van der Waals surface area contributed by atoms with Gasteiger partial charge in [-0.1, -0.05) is 43.6 Å². The summed E-state index contributed by atoms with van der Waals surface area (Å²) in [6, 6.07) is 20.8. The van der Waals surface area contributed by atoms with Crippen molar-refractivity contribution in [3.63, 3.8) is 0 Å². The Labute approximate surface area is 210 Å². The van der Waals surface area contributed by atoms with E-state index < -0.39 is 11.9 Å². The second-order valence-electron chi connectivity index (χ2n) is 8.15. The van der Waals surface area contributed by atoms with Crippen molar-refractivity contribution in [3.8, 4) is 11.5 Å². The Balaban J connectivity index is 1.51. The largest absolute Gasteiger partial charge is 0.497 e. The van der Waals surface area contributed by atoms with Crippen molar-refractivity contribution in [3.05, 3.63) is 94.5 Å². The van der Waals surface area contributed by atoms with Gasteiger partial charge in [-0.25, -0.2) is 5.43 Å². The lowest BCUT2D eigenvalue weighted by molar-refractivity contribution is -0.123. The molecule has 0 fully saturated rings. The van der Waals surface area contributed by atoms with E-state index in [0.29, 0.717) is 22.9 Å². The molecule has 1 atom stereocenters. The zero-order chi connectivity index (χ0) is 25.2. The van der Waals surface area contributed by atoms with Gasteiger partial charge in [0.1, 0.15) is 24.1 Å². The molecule has 8 heteroatoms. The van der Waals surface area contributed by atoms with Gasteiger partial charge in [-0.15, -0.1) is 0 Å². The quantitative estimate of drug-likeness (QED) is 0.312. The van der Waals surface area contributed by atoms with Gasteiger partial charge in [0.25, 0.3) is 11.8 Å². The molecule has 0 aliphatic carbocycles. The smallest absolute Gasteiger partial charge is 0.262 e. The number of carbonyl (C=O) groups is 2. The highest BCUT2D eigenvalue weighted by molar-refractivity contribution is 6.31. The van der Waals surface area contributed by atoms with Gasteiger partial charge in [0.15, 0.2) is 0 Å². The predicted molar refractivity (Wildman–Crippen MR) is 137 cm³/mol. The van der Waals surface area contributed by atoms with E-state index in [0.717, 1.165) is 16.9 Å². The molecule has 35 heavy (non-hydrogen) atoms. The van der Waals surface area contributed by atoms with E-state index in [9.17, 15) is 9.59 Å². The second kappa shape index (κ2) is 12.6. The van der Waals surface area contributed by atoms with Gasteiger partial charge in [0.05, 0.1) is 13.3 Å². The third-order valence-corrected chi connectivity index (χ3v) is 5.39. The highest BCUT2D eigenvalue weighted by atomic mass is 35.5. The molecule has 2 amide bonds. The number of hydrazone groups is 1. The summed E-state index contributed by atoms with van der Waals surface area (Å²) in [7, 11) is 1.63. The minimum atomic E-state index is -0.757. The van der Waals surface area contributed by atoms with Crippen LogP contribution in [0, 0.1) is 5.92 Å². The third kappa shape index (κ3) is 7.86. The molecular weight excluding hydrogens is 466 g/mol. The lowest BCUT2D eigenvalue weighted by Crippen LogP contribution is -2.48. The molecule has 0 heterocycles. The molecule has 0 bridgehead atoms. The number of methoxy groups -OCH3 is 1. The van der Waals surface area contributed by atoms with Crippen LogP contribution in [0.15, 0.2) is 77.9 Å². The van der Waals surface area contributed by atoms with Crippen LogP contribution >= 0.6 is 11.6 Å². The molecule has 3 rings (SSSR count). The van der Waals surface area contributed by atoms with Crippen LogP contribution in [0.25, 0.3) is 0 Å². The fraction of sp³-hybridized carbons (Fsp3) is 0.222. The molecular formula is C27H28ClN3O4. The molecule has 2 N–H and O–H groups in total. The Kier molecular flexibility index (Phi) is 9.26. The summed E-state index contributed by atoms with van der Waals surface area (Å²) < 4.78 is 11.0. The van der Waals surface area contributed by atoms with Gasteiger partial charge < -0.3 is 14.8 Å². The molecule has 7 nitrogen and oxygen atoms in total. The zero-order valence-corrected chi connectivity index (χ0v) is 20.6. The summed E-state index contributed by atoms with van der Waals surface area (Å²) in [6.07, 6.45) is 1.53. The Bertz CT molecular complexity index is 1160. The summed E-state index contributed by atoms with van der Waals surface area (Å²) in [5, 5.41) is 7.22. The van der Waals surface area contributed by atoms with Crippen LogP contribution in [-0.4, -0.2) is 31.2 Å². The number of ether oxygens (including phenoxy) is 2. The van der Waals surface area contributed by atoms with E-state index in [1.165, 1.54) is 6.21 Å². The van der Waals surface area contributed by atoms with E-state index in [1.54, 1.807) is 31.4 Å². The van der Waals surface area contributed by atoms with Crippen LogP contribution < -0.4 is 20.2 Å². The molecule has 182 valence electrons. The average molecular weight is 494 g/mol. The molecule has 0 radical (unpaired) electrons. The maximum atomic E-state index is 12.6. The van der Waals surface area contributed by atoms with Gasteiger partial charge in [-0.05, 0) is 71.6 Å². The summed E-state index contributed by atoms with van der Waals surface area (Å²) in [6.45, 7) is 4.12. The van der Waals surface area contributed by atoms with Crippen LogP contribution in [0.2, 0.25) is 5.02 Å². The van der Waals surface area contributed by atoms with Crippen LogP contribution in [0.3, 0.4) is 0 Å².